The molecule has 0 atom stereocenters. The summed E-state index contributed by atoms with van der Waals surface area (Å²) in [5.41, 5.74) is 5.87. The summed E-state index contributed by atoms with van der Waals surface area (Å²) in [7, 11) is 0. The molecule has 0 saturated carbocycles. The van der Waals surface area contributed by atoms with Crippen molar-refractivity contribution in [1.29, 1.82) is 0 Å². The Morgan fingerprint density at radius 1 is 0.967 bits per heavy atom. The number of aryl methyl sites for hydroxylation is 3. The number of rotatable bonds is 3. The molecule has 0 aliphatic carbocycles. The minimum atomic E-state index is -1.27. The third kappa shape index (κ3) is 3.66. The van der Waals surface area contributed by atoms with Gasteiger partial charge in [-0.05, 0) is 55.7 Å². The van der Waals surface area contributed by atoms with Gasteiger partial charge in [-0.3, -0.25) is 0 Å². The lowest BCUT2D eigenvalue weighted by Crippen LogP contribution is -2.42. The fourth-order valence-electron chi connectivity index (χ4n) is 3.34. The Morgan fingerprint density at radius 3 is 2.37 bits per heavy atom. The van der Waals surface area contributed by atoms with Crippen LogP contribution in [0.4, 0.5) is 5.69 Å². The first-order chi connectivity index (χ1) is 14.1. The second kappa shape index (κ2) is 7.02. The van der Waals surface area contributed by atoms with Crippen LogP contribution in [-0.4, -0.2) is 22.7 Å². The lowest BCUT2D eigenvalue weighted by Gasteiger charge is -2.29. The Hall–Kier alpha value is -3.61. The molecule has 7 heteroatoms. The van der Waals surface area contributed by atoms with Gasteiger partial charge in [0.2, 0.25) is 5.89 Å². The van der Waals surface area contributed by atoms with Crippen molar-refractivity contribution in [1.82, 2.24) is 4.98 Å². The summed E-state index contributed by atoms with van der Waals surface area (Å²) >= 11 is 0. The van der Waals surface area contributed by atoms with Crippen LogP contribution in [0.25, 0.3) is 22.6 Å². The summed E-state index contributed by atoms with van der Waals surface area (Å²) in [6, 6.07) is 9.70. The number of hydrogen-bond acceptors (Lipinski definition) is 7. The van der Waals surface area contributed by atoms with Crippen molar-refractivity contribution in [2.75, 3.05) is 5.32 Å². The van der Waals surface area contributed by atoms with Crippen LogP contribution in [-0.2, 0) is 19.1 Å². The second-order valence-corrected chi connectivity index (χ2v) is 7.86. The van der Waals surface area contributed by atoms with E-state index in [-0.39, 0.29) is 5.57 Å². The van der Waals surface area contributed by atoms with E-state index in [1.165, 1.54) is 20.0 Å². The van der Waals surface area contributed by atoms with Gasteiger partial charge in [0.15, 0.2) is 11.2 Å². The fourth-order valence-corrected chi connectivity index (χ4v) is 3.34. The highest BCUT2D eigenvalue weighted by Gasteiger charge is 2.38. The number of anilines is 1. The fraction of sp³-hybridized carbons (Fsp3) is 0.261. The van der Waals surface area contributed by atoms with Crippen LogP contribution in [0.3, 0.4) is 0 Å². The monoisotopic (exact) mass is 406 g/mol. The van der Waals surface area contributed by atoms with E-state index in [2.05, 4.69) is 16.4 Å². The molecule has 30 heavy (non-hydrogen) atoms. The van der Waals surface area contributed by atoms with Crippen molar-refractivity contribution in [2.45, 2.75) is 40.4 Å². The average molecular weight is 406 g/mol. The van der Waals surface area contributed by atoms with Gasteiger partial charge in [-0.15, -0.1) is 0 Å². The first kappa shape index (κ1) is 19.7. The third-order valence-corrected chi connectivity index (χ3v) is 4.79. The quantitative estimate of drug-likeness (QED) is 0.388. The van der Waals surface area contributed by atoms with Crippen LogP contribution >= 0.6 is 0 Å². The van der Waals surface area contributed by atoms with Crippen molar-refractivity contribution < 1.29 is 23.5 Å². The van der Waals surface area contributed by atoms with E-state index in [1.807, 2.05) is 45.0 Å². The number of ether oxygens (including phenoxy) is 2. The van der Waals surface area contributed by atoms with Crippen LogP contribution < -0.4 is 5.32 Å². The third-order valence-electron chi connectivity index (χ3n) is 4.79. The maximum Gasteiger partial charge on any atom is 0.350 e. The molecule has 2 heterocycles. The molecular weight excluding hydrogens is 384 g/mol. The van der Waals surface area contributed by atoms with E-state index in [4.69, 9.17) is 13.9 Å². The topological polar surface area (TPSA) is 90.7 Å². The smallest absolute Gasteiger partial charge is 0.350 e. The van der Waals surface area contributed by atoms with Crippen molar-refractivity contribution in [3.63, 3.8) is 0 Å². The van der Waals surface area contributed by atoms with Gasteiger partial charge in [0.25, 0.3) is 5.79 Å². The SMILES string of the molecule is Cc1cc(C)c2oc(-c3ccc(C)c(NC=C4C(=O)OC(C)(C)OC4=O)c3)nc2c1. The predicted octanol–water partition coefficient (Wildman–Crippen LogP) is 4.55. The first-order valence-corrected chi connectivity index (χ1v) is 9.55. The molecular formula is C23H22N2O5. The number of benzene rings is 2. The van der Waals surface area contributed by atoms with Gasteiger partial charge in [0.05, 0.1) is 0 Å². The molecule has 1 saturated heterocycles. The van der Waals surface area contributed by atoms with E-state index in [9.17, 15) is 9.59 Å². The van der Waals surface area contributed by atoms with Crippen LogP contribution in [0.5, 0.6) is 0 Å². The molecule has 0 spiro atoms. The normalized spacial score (nSPS) is 15.7. The molecule has 2 aromatic carbocycles. The number of oxazole rings is 1. The minimum Gasteiger partial charge on any atom is -0.436 e. The maximum atomic E-state index is 12.1. The highest BCUT2D eigenvalue weighted by Crippen LogP contribution is 2.30. The minimum absolute atomic E-state index is 0.202. The largest absolute Gasteiger partial charge is 0.436 e. The van der Waals surface area contributed by atoms with Gasteiger partial charge in [0, 0.05) is 31.3 Å². The molecule has 1 aliphatic heterocycles. The van der Waals surface area contributed by atoms with Crippen molar-refractivity contribution in [3.8, 4) is 11.5 Å². The van der Waals surface area contributed by atoms with Crippen LogP contribution in [0.15, 0.2) is 46.5 Å². The number of hydrogen-bond donors (Lipinski definition) is 1. The first-order valence-electron chi connectivity index (χ1n) is 9.55. The Morgan fingerprint density at radius 2 is 1.67 bits per heavy atom. The average Bonchev–Trinajstić information content (AvgIpc) is 3.05. The molecule has 7 nitrogen and oxygen atoms in total. The highest BCUT2D eigenvalue weighted by molar-refractivity contribution is 6.15. The number of nitrogens with zero attached hydrogens (tertiary/aromatic N) is 1. The van der Waals surface area contributed by atoms with Crippen LogP contribution in [0, 0.1) is 20.8 Å². The van der Waals surface area contributed by atoms with Gasteiger partial charge in [-0.1, -0.05) is 12.1 Å². The van der Waals surface area contributed by atoms with Crippen molar-refractivity contribution >= 4 is 28.7 Å². The van der Waals surface area contributed by atoms with Crippen LogP contribution in [0.2, 0.25) is 0 Å². The van der Waals surface area contributed by atoms with Gasteiger partial charge in [-0.2, -0.15) is 0 Å². The summed E-state index contributed by atoms with van der Waals surface area (Å²) in [5, 5.41) is 3.00. The standard InChI is InChI=1S/C23H22N2O5/c1-12-8-14(3)19-18(9-12)25-20(28-19)15-7-6-13(2)17(10-15)24-11-16-21(26)29-23(4,5)30-22(16)27/h6-11,24H,1-5H3. The second-order valence-electron chi connectivity index (χ2n) is 7.86. The number of cyclic esters (lactones) is 2. The molecule has 1 N–H and O–H groups in total. The highest BCUT2D eigenvalue weighted by atomic mass is 16.7. The van der Waals surface area contributed by atoms with E-state index in [1.54, 1.807) is 0 Å². The van der Waals surface area contributed by atoms with E-state index in [0.29, 0.717) is 11.6 Å². The molecule has 1 fully saturated rings. The Bertz CT molecular complexity index is 1200. The molecule has 4 rings (SSSR count). The van der Waals surface area contributed by atoms with E-state index < -0.39 is 17.7 Å². The zero-order valence-electron chi connectivity index (χ0n) is 17.5. The molecule has 1 aliphatic rings. The molecule has 0 radical (unpaired) electrons. The van der Waals surface area contributed by atoms with E-state index in [0.717, 1.165) is 33.4 Å². The van der Waals surface area contributed by atoms with Gasteiger partial charge < -0.3 is 19.2 Å². The number of fused-ring (bicyclic) bond motifs is 1. The lowest BCUT2D eigenvalue weighted by molar-refractivity contribution is -0.222. The zero-order valence-corrected chi connectivity index (χ0v) is 17.5. The summed E-state index contributed by atoms with van der Waals surface area (Å²) in [6.45, 7) is 8.92. The van der Waals surface area contributed by atoms with Crippen molar-refractivity contribution in [2.24, 2.45) is 0 Å². The summed E-state index contributed by atoms with van der Waals surface area (Å²) in [5.74, 6) is -2.25. The number of carbonyl (C=O) groups is 2. The number of esters is 2. The molecule has 1 aromatic heterocycles. The number of carbonyl (C=O) groups excluding carboxylic acids is 2. The lowest BCUT2D eigenvalue weighted by atomic mass is 10.1. The van der Waals surface area contributed by atoms with E-state index >= 15 is 0 Å². The maximum absolute atomic E-state index is 12.1. The molecule has 0 unspecified atom stereocenters. The van der Waals surface area contributed by atoms with Crippen molar-refractivity contribution in [3.05, 3.63) is 58.8 Å². The Labute approximate surface area is 173 Å². The molecule has 0 amide bonds. The zero-order chi connectivity index (χ0) is 21.6. The summed E-state index contributed by atoms with van der Waals surface area (Å²) < 4.78 is 16.2. The Kier molecular flexibility index (Phi) is 4.61. The van der Waals surface area contributed by atoms with Crippen LogP contribution in [0.1, 0.15) is 30.5 Å². The molecule has 0 bridgehead atoms. The predicted molar refractivity (Wildman–Crippen MR) is 112 cm³/mol. The molecule has 154 valence electrons. The summed E-state index contributed by atoms with van der Waals surface area (Å²) in [6.07, 6.45) is 1.30. The van der Waals surface area contributed by atoms with Gasteiger partial charge in [0.1, 0.15) is 5.52 Å². The molecule has 3 aromatic rings. The summed E-state index contributed by atoms with van der Waals surface area (Å²) in [4.78, 5) is 28.8. The number of nitrogens with one attached hydrogen (secondary N) is 1. The van der Waals surface area contributed by atoms with Gasteiger partial charge >= 0.3 is 11.9 Å². The Balaban J connectivity index is 1.65. The number of aromatic nitrogens is 1. The van der Waals surface area contributed by atoms with Gasteiger partial charge in [-0.25, -0.2) is 14.6 Å².